The zero-order chi connectivity index (χ0) is 14.3. The molecule has 0 saturated carbocycles. The van der Waals surface area contributed by atoms with Crippen molar-refractivity contribution >= 4 is 5.91 Å². The van der Waals surface area contributed by atoms with E-state index in [1.54, 1.807) is 0 Å². The van der Waals surface area contributed by atoms with Crippen molar-refractivity contribution in [1.82, 2.24) is 5.32 Å². The molecule has 0 aromatic heterocycles. The molecule has 0 spiro atoms. The molecule has 0 atom stereocenters. The molecule has 0 bridgehead atoms. The summed E-state index contributed by atoms with van der Waals surface area (Å²) in [7, 11) is 0. The van der Waals surface area contributed by atoms with Gasteiger partial charge >= 0.3 is 0 Å². The molecule has 106 valence electrons. The van der Waals surface area contributed by atoms with Crippen molar-refractivity contribution in [2.75, 3.05) is 13.2 Å². The van der Waals surface area contributed by atoms with Gasteiger partial charge in [0.15, 0.2) is 0 Å². The molecule has 0 saturated heterocycles. The maximum Gasteiger partial charge on any atom is 0.223 e. The van der Waals surface area contributed by atoms with Crippen LogP contribution >= 0.6 is 0 Å². The molecule has 0 aliphatic heterocycles. The number of carbonyl (C=O) groups is 1. The summed E-state index contributed by atoms with van der Waals surface area (Å²) in [4.78, 5) is 11.7. The van der Waals surface area contributed by atoms with Gasteiger partial charge in [0.05, 0.1) is 13.0 Å². The number of amides is 1. The monoisotopic (exact) mass is 264 g/mol. The Bertz CT molecular complexity index is 399. The van der Waals surface area contributed by atoms with E-state index in [0.29, 0.717) is 19.6 Å². The fourth-order valence-electron chi connectivity index (χ4n) is 1.57. The smallest absolute Gasteiger partial charge is 0.223 e. The fraction of sp³-hybridized carbons (Fsp3) is 0.533. The van der Waals surface area contributed by atoms with E-state index in [9.17, 15) is 4.79 Å². The second-order valence-electron chi connectivity index (χ2n) is 5.23. The van der Waals surface area contributed by atoms with Crippen molar-refractivity contribution in [3.8, 4) is 5.75 Å². The van der Waals surface area contributed by atoms with Crippen LogP contribution in [0.3, 0.4) is 0 Å². The van der Waals surface area contributed by atoms with E-state index in [2.05, 4.69) is 12.2 Å². The second kappa shape index (κ2) is 7.14. The number of rotatable bonds is 7. The summed E-state index contributed by atoms with van der Waals surface area (Å²) < 4.78 is 5.53. The summed E-state index contributed by atoms with van der Waals surface area (Å²) in [6, 6.07) is 7.93. The molecule has 0 heterocycles. The average Bonchev–Trinajstić information content (AvgIpc) is 2.39. The van der Waals surface area contributed by atoms with Gasteiger partial charge in [-0.1, -0.05) is 19.1 Å². The normalized spacial score (nSPS) is 11.2. The molecule has 1 aromatic carbocycles. The Balaban J connectivity index is 2.31. The largest absolute Gasteiger partial charge is 0.493 e. The summed E-state index contributed by atoms with van der Waals surface area (Å²) in [5.41, 5.74) is 6.47. The van der Waals surface area contributed by atoms with Crippen molar-refractivity contribution in [2.45, 2.75) is 39.2 Å². The van der Waals surface area contributed by atoms with E-state index >= 15 is 0 Å². The topological polar surface area (TPSA) is 64.3 Å². The van der Waals surface area contributed by atoms with Gasteiger partial charge in [-0.25, -0.2) is 0 Å². The van der Waals surface area contributed by atoms with Gasteiger partial charge in [0.1, 0.15) is 5.75 Å². The van der Waals surface area contributed by atoms with Crippen LogP contribution in [-0.2, 0) is 11.2 Å². The number of hydrogen-bond acceptors (Lipinski definition) is 3. The minimum Gasteiger partial charge on any atom is -0.493 e. The van der Waals surface area contributed by atoms with E-state index in [4.69, 9.17) is 10.5 Å². The highest BCUT2D eigenvalue weighted by atomic mass is 16.5. The molecular formula is C15H24N2O2. The van der Waals surface area contributed by atoms with Crippen molar-refractivity contribution < 1.29 is 9.53 Å². The third-order valence-corrected chi connectivity index (χ3v) is 2.92. The van der Waals surface area contributed by atoms with Crippen LogP contribution in [0.25, 0.3) is 0 Å². The molecule has 19 heavy (non-hydrogen) atoms. The van der Waals surface area contributed by atoms with Crippen molar-refractivity contribution in [1.29, 1.82) is 0 Å². The first-order valence-corrected chi connectivity index (χ1v) is 6.69. The lowest BCUT2D eigenvalue weighted by Gasteiger charge is -2.24. The number of benzene rings is 1. The number of nitrogens with one attached hydrogen (secondary N) is 1. The van der Waals surface area contributed by atoms with Gasteiger partial charge in [0.25, 0.3) is 0 Å². The molecular weight excluding hydrogens is 240 g/mol. The van der Waals surface area contributed by atoms with Gasteiger partial charge in [0.2, 0.25) is 5.91 Å². The van der Waals surface area contributed by atoms with Gasteiger partial charge in [-0.3, -0.25) is 4.79 Å². The first-order valence-electron chi connectivity index (χ1n) is 6.69. The SMILES string of the molecule is CCc1ccc(OCCC(=O)NC(C)(C)CN)cc1. The number of carbonyl (C=O) groups excluding carboxylic acids is 1. The molecule has 0 radical (unpaired) electrons. The number of aryl methyl sites for hydroxylation is 1. The summed E-state index contributed by atoms with van der Waals surface area (Å²) in [5.74, 6) is 0.753. The highest BCUT2D eigenvalue weighted by molar-refractivity contribution is 5.76. The minimum absolute atomic E-state index is 0.0411. The van der Waals surface area contributed by atoms with Gasteiger partial charge < -0.3 is 15.8 Å². The molecule has 0 fully saturated rings. The number of nitrogens with two attached hydrogens (primary N) is 1. The predicted molar refractivity (Wildman–Crippen MR) is 77.2 cm³/mol. The Kier molecular flexibility index (Phi) is 5.83. The summed E-state index contributed by atoms with van der Waals surface area (Å²) in [5, 5.41) is 2.87. The molecule has 4 nitrogen and oxygen atoms in total. The van der Waals surface area contributed by atoms with E-state index in [-0.39, 0.29) is 11.4 Å². The Morgan fingerprint density at radius 3 is 2.47 bits per heavy atom. The quantitative estimate of drug-likeness (QED) is 0.790. The first kappa shape index (κ1) is 15.5. The highest BCUT2D eigenvalue weighted by Crippen LogP contribution is 2.12. The van der Waals surface area contributed by atoms with Crippen LogP contribution in [0.4, 0.5) is 0 Å². The Morgan fingerprint density at radius 2 is 1.95 bits per heavy atom. The predicted octanol–water partition coefficient (Wildman–Crippen LogP) is 1.87. The van der Waals surface area contributed by atoms with Crippen LogP contribution in [-0.4, -0.2) is 24.6 Å². The standard InChI is InChI=1S/C15H24N2O2/c1-4-12-5-7-13(8-6-12)19-10-9-14(18)17-15(2,3)11-16/h5-8H,4,9-11,16H2,1-3H3,(H,17,18). The van der Waals surface area contributed by atoms with Crippen LogP contribution in [0.5, 0.6) is 5.75 Å². The Hall–Kier alpha value is -1.55. The lowest BCUT2D eigenvalue weighted by molar-refractivity contribution is -0.123. The van der Waals surface area contributed by atoms with Crippen molar-refractivity contribution in [3.05, 3.63) is 29.8 Å². The van der Waals surface area contributed by atoms with E-state index in [0.717, 1.165) is 12.2 Å². The zero-order valence-electron chi connectivity index (χ0n) is 12.0. The molecule has 1 rings (SSSR count). The van der Waals surface area contributed by atoms with E-state index < -0.39 is 0 Å². The lowest BCUT2D eigenvalue weighted by Crippen LogP contribution is -2.49. The van der Waals surface area contributed by atoms with Gasteiger partial charge in [-0.05, 0) is 38.0 Å². The molecule has 1 amide bonds. The first-order chi connectivity index (χ1) is 8.96. The highest BCUT2D eigenvalue weighted by Gasteiger charge is 2.17. The van der Waals surface area contributed by atoms with Crippen LogP contribution < -0.4 is 15.8 Å². The van der Waals surface area contributed by atoms with E-state index in [1.165, 1.54) is 5.56 Å². The number of ether oxygens (including phenoxy) is 1. The molecule has 0 aliphatic carbocycles. The van der Waals surface area contributed by atoms with Gasteiger partial charge in [-0.15, -0.1) is 0 Å². The van der Waals surface area contributed by atoms with E-state index in [1.807, 2.05) is 38.1 Å². The van der Waals surface area contributed by atoms with Crippen LogP contribution in [0, 0.1) is 0 Å². The fourth-order valence-corrected chi connectivity index (χ4v) is 1.57. The molecule has 1 aromatic rings. The minimum atomic E-state index is -0.361. The molecule has 4 heteroatoms. The van der Waals surface area contributed by atoms with Crippen LogP contribution in [0.1, 0.15) is 32.8 Å². The van der Waals surface area contributed by atoms with Crippen molar-refractivity contribution in [3.63, 3.8) is 0 Å². The third-order valence-electron chi connectivity index (χ3n) is 2.92. The summed E-state index contributed by atoms with van der Waals surface area (Å²) in [6.45, 7) is 6.69. The average molecular weight is 264 g/mol. The second-order valence-corrected chi connectivity index (χ2v) is 5.23. The van der Waals surface area contributed by atoms with Crippen LogP contribution in [0.2, 0.25) is 0 Å². The maximum absolute atomic E-state index is 11.7. The lowest BCUT2D eigenvalue weighted by atomic mass is 10.1. The summed E-state index contributed by atoms with van der Waals surface area (Å²) >= 11 is 0. The van der Waals surface area contributed by atoms with Crippen LogP contribution in [0.15, 0.2) is 24.3 Å². The summed E-state index contributed by atoms with van der Waals surface area (Å²) in [6.07, 6.45) is 1.34. The van der Waals surface area contributed by atoms with Gasteiger partial charge in [-0.2, -0.15) is 0 Å². The van der Waals surface area contributed by atoms with Gasteiger partial charge in [0, 0.05) is 12.1 Å². The van der Waals surface area contributed by atoms with Crippen molar-refractivity contribution in [2.24, 2.45) is 5.73 Å². The third kappa shape index (κ3) is 5.75. The zero-order valence-corrected chi connectivity index (χ0v) is 12.0. The molecule has 3 N–H and O–H groups in total. The Morgan fingerprint density at radius 1 is 1.32 bits per heavy atom. The molecule has 0 aliphatic rings. The number of hydrogen-bond donors (Lipinski definition) is 2. The maximum atomic E-state index is 11.7. The molecule has 0 unspecified atom stereocenters. The Labute approximate surface area is 115 Å².